The normalized spacial score (nSPS) is 10.4. The summed E-state index contributed by atoms with van der Waals surface area (Å²) in [6.07, 6.45) is 0. The van der Waals surface area contributed by atoms with Crippen molar-refractivity contribution in [2.24, 2.45) is 0 Å². The second-order valence-electron chi connectivity index (χ2n) is 4.06. The number of anilines is 1. The maximum absolute atomic E-state index is 9.92. The molecular weight excluding hydrogens is 314 g/mol. The van der Waals surface area contributed by atoms with E-state index in [2.05, 4.69) is 21.2 Å². The Hall–Kier alpha value is -1.19. The van der Waals surface area contributed by atoms with Crippen LogP contribution >= 0.6 is 27.5 Å². The van der Waals surface area contributed by atoms with Crippen LogP contribution in [0.15, 0.2) is 40.9 Å². The van der Waals surface area contributed by atoms with E-state index in [4.69, 9.17) is 11.6 Å². The van der Waals surface area contributed by atoms with Gasteiger partial charge in [0, 0.05) is 21.6 Å². The van der Waals surface area contributed by atoms with E-state index in [1.165, 1.54) is 0 Å². The molecule has 0 aromatic heterocycles. The van der Waals surface area contributed by atoms with E-state index in [0.29, 0.717) is 17.3 Å². The van der Waals surface area contributed by atoms with Crippen LogP contribution in [-0.2, 0) is 6.54 Å². The smallest absolute Gasteiger partial charge is 0.123 e. The van der Waals surface area contributed by atoms with Gasteiger partial charge in [0.05, 0.1) is 5.69 Å². The van der Waals surface area contributed by atoms with Crippen molar-refractivity contribution in [1.82, 2.24) is 0 Å². The highest BCUT2D eigenvalue weighted by Gasteiger charge is 2.05. The van der Waals surface area contributed by atoms with Crippen molar-refractivity contribution in [2.75, 3.05) is 5.32 Å². The lowest BCUT2D eigenvalue weighted by molar-refractivity contribution is 0.465. The van der Waals surface area contributed by atoms with E-state index in [1.54, 1.807) is 0 Å². The molecule has 2 rings (SSSR count). The van der Waals surface area contributed by atoms with Gasteiger partial charge in [-0.25, -0.2) is 0 Å². The number of phenolic OH excluding ortho intramolecular Hbond substituents is 1. The van der Waals surface area contributed by atoms with Crippen molar-refractivity contribution in [3.05, 3.63) is 57.0 Å². The van der Waals surface area contributed by atoms with Crippen molar-refractivity contribution < 1.29 is 5.11 Å². The first-order chi connectivity index (χ1) is 8.58. The maximum atomic E-state index is 9.92. The van der Waals surface area contributed by atoms with Crippen LogP contribution in [0, 0.1) is 6.92 Å². The third-order valence-electron chi connectivity index (χ3n) is 2.72. The van der Waals surface area contributed by atoms with Gasteiger partial charge in [0.1, 0.15) is 5.75 Å². The molecule has 0 fully saturated rings. The van der Waals surface area contributed by atoms with Gasteiger partial charge in [0.2, 0.25) is 0 Å². The number of aromatic hydroxyl groups is 1. The van der Waals surface area contributed by atoms with Gasteiger partial charge in [0.15, 0.2) is 0 Å². The van der Waals surface area contributed by atoms with Gasteiger partial charge >= 0.3 is 0 Å². The van der Waals surface area contributed by atoms with E-state index < -0.39 is 0 Å². The molecule has 0 atom stereocenters. The zero-order valence-electron chi connectivity index (χ0n) is 9.87. The topological polar surface area (TPSA) is 32.3 Å². The zero-order valence-corrected chi connectivity index (χ0v) is 12.2. The van der Waals surface area contributed by atoms with Crippen molar-refractivity contribution in [3.8, 4) is 5.75 Å². The highest BCUT2D eigenvalue weighted by atomic mass is 79.9. The average Bonchev–Trinajstić information content (AvgIpc) is 2.35. The molecule has 2 aromatic carbocycles. The number of benzene rings is 2. The summed E-state index contributed by atoms with van der Waals surface area (Å²) in [7, 11) is 0. The summed E-state index contributed by atoms with van der Waals surface area (Å²) >= 11 is 9.40. The van der Waals surface area contributed by atoms with Gasteiger partial charge in [-0.05, 0) is 46.6 Å². The highest BCUT2D eigenvalue weighted by Crippen LogP contribution is 2.28. The first kappa shape index (κ1) is 13.2. The second-order valence-corrected chi connectivity index (χ2v) is 5.35. The van der Waals surface area contributed by atoms with Crippen LogP contribution in [0.3, 0.4) is 0 Å². The summed E-state index contributed by atoms with van der Waals surface area (Å²) in [6, 6.07) is 11.3. The molecule has 0 unspecified atom stereocenters. The Morgan fingerprint density at radius 2 is 2.06 bits per heavy atom. The van der Waals surface area contributed by atoms with E-state index in [0.717, 1.165) is 21.3 Å². The number of halogens is 2. The minimum atomic E-state index is 0.336. The van der Waals surface area contributed by atoms with Gasteiger partial charge in [-0.15, -0.1) is 0 Å². The molecular formula is C14H13BrClNO. The SMILES string of the molecule is Cc1cccc(CNc2cc(Cl)ccc2Br)c1O. The monoisotopic (exact) mass is 325 g/mol. The fraction of sp³-hybridized carbons (Fsp3) is 0.143. The number of para-hydroxylation sites is 1. The minimum absolute atomic E-state index is 0.336. The number of hydrogen-bond acceptors (Lipinski definition) is 2. The molecule has 18 heavy (non-hydrogen) atoms. The standard InChI is InChI=1S/C14H13BrClNO/c1-9-3-2-4-10(14(9)18)8-17-13-7-11(16)5-6-12(13)15/h2-7,17-18H,8H2,1H3. The van der Waals surface area contributed by atoms with Gasteiger partial charge in [0.25, 0.3) is 0 Å². The fourth-order valence-corrected chi connectivity index (χ4v) is 2.24. The van der Waals surface area contributed by atoms with Crippen molar-refractivity contribution in [3.63, 3.8) is 0 Å². The molecule has 94 valence electrons. The molecule has 0 bridgehead atoms. The number of phenols is 1. The van der Waals surface area contributed by atoms with Crippen LogP contribution in [-0.4, -0.2) is 5.11 Å². The highest BCUT2D eigenvalue weighted by molar-refractivity contribution is 9.10. The van der Waals surface area contributed by atoms with Crippen LogP contribution < -0.4 is 5.32 Å². The van der Waals surface area contributed by atoms with Gasteiger partial charge in [-0.1, -0.05) is 29.8 Å². The number of aryl methyl sites for hydroxylation is 1. The molecule has 2 N–H and O–H groups in total. The van der Waals surface area contributed by atoms with Gasteiger partial charge < -0.3 is 10.4 Å². The Labute approximate surface area is 120 Å². The second kappa shape index (κ2) is 5.63. The number of hydrogen-bond donors (Lipinski definition) is 2. The summed E-state index contributed by atoms with van der Waals surface area (Å²) < 4.78 is 0.944. The molecule has 4 heteroatoms. The Morgan fingerprint density at radius 3 is 2.83 bits per heavy atom. The summed E-state index contributed by atoms with van der Waals surface area (Å²) in [5.41, 5.74) is 2.64. The zero-order chi connectivity index (χ0) is 13.1. The Morgan fingerprint density at radius 1 is 1.28 bits per heavy atom. The van der Waals surface area contributed by atoms with E-state index in [-0.39, 0.29) is 0 Å². The predicted octanol–water partition coefficient (Wildman–Crippen LogP) is 4.73. The Bertz CT molecular complexity index is 570. The number of rotatable bonds is 3. The maximum Gasteiger partial charge on any atom is 0.123 e. The van der Waals surface area contributed by atoms with Crippen LogP contribution in [0.4, 0.5) is 5.69 Å². The molecule has 0 spiro atoms. The van der Waals surface area contributed by atoms with Gasteiger partial charge in [-0.3, -0.25) is 0 Å². The molecule has 0 aliphatic heterocycles. The molecule has 0 amide bonds. The summed E-state index contributed by atoms with van der Waals surface area (Å²) in [4.78, 5) is 0. The van der Waals surface area contributed by atoms with E-state index >= 15 is 0 Å². The van der Waals surface area contributed by atoms with Crippen LogP contribution in [0.25, 0.3) is 0 Å². The number of nitrogens with one attached hydrogen (secondary N) is 1. The lowest BCUT2D eigenvalue weighted by atomic mass is 10.1. The predicted molar refractivity (Wildman–Crippen MR) is 79.3 cm³/mol. The van der Waals surface area contributed by atoms with E-state index in [1.807, 2.05) is 43.3 Å². The largest absolute Gasteiger partial charge is 0.507 e. The van der Waals surface area contributed by atoms with Crippen molar-refractivity contribution in [2.45, 2.75) is 13.5 Å². The third kappa shape index (κ3) is 2.98. The van der Waals surface area contributed by atoms with Crippen molar-refractivity contribution in [1.29, 1.82) is 0 Å². The first-order valence-corrected chi connectivity index (χ1v) is 6.71. The van der Waals surface area contributed by atoms with Gasteiger partial charge in [-0.2, -0.15) is 0 Å². The molecule has 0 saturated carbocycles. The van der Waals surface area contributed by atoms with Crippen molar-refractivity contribution >= 4 is 33.2 Å². The summed E-state index contributed by atoms with van der Waals surface area (Å²) in [5.74, 6) is 0.336. The Kier molecular flexibility index (Phi) is 4.15. The lowest BCUT2D eigenvalue weighted by Crippen LogP contribution is -2.00. The molecule has 0 heterocycles. The summed E-state index contributed by atoms with van der Waals surface area (Å²) in [6.45, 7) is 2.43. The minimum Gasteiger partial charge on any atom is -0.507 e. The van der Waals surface area contributed by atoms with Crippen LogP contribution in [0.5, 0.6) is 5.75 Å². The first-order valence-electron chi connectivity index (χ1n) is 5.54. The van der Waals surface area contributed by atoms with Crippen LogP contribution in [0.1, 0.15) is 11.1 Å². The quantitative estimate of drug-likeness (QED) is 0.854. The molecule has 0 aliphatic carbocycles. The Balaban J connectivity index is 2.16. The molecule has 0 aliphatic rings. The lowest BCUT2D eigenvalue weighted by Gasteiger charge is -2.11. The summed E-state index contributed by atoms with van der Waals surface area (Å²) in [5, 5.41) is 13.8. The van der Waals surface area contributed by atoms with E-state index in [9.17, 15) is 5.11 Å². The molecule has 2 aromatic rings. The molecule has 2 nitrogen and oxygen atoms in total. The van der Waals surface area contributed by atoms with Crippen LogP contribution in [0.2, 0.25) is 5.02 Å². The molecule has 0 saturated heterocycles. The third-order valence-corrected chi connectivity index (χ3v) is 3.65. The average molecular weight is 327 g/mol. The fourth-order valence-electron chi connectivity index (χ4n) is 1.69. The molecule has 0 radical (unpaired) electrons.